The van der Waals surface area contributed by atoms with Gasteiger partial charge in [-0.05, 0) is 51.9 Å². The Morgan fingerprint density at radius 2 is 1.86 bits per heavy atom. The second kappa shape index (κ2) is 4.19. The van der Waals surface area contributed by atoms with Gasteiger partial charge in [-0.15, -0.1) is 0 Å². The van der Waals surface area contributed by atoms with E-state index in [0.717, 1.165) is 18.4 Å². The molecule has 0 saturated heterocycles. The Labute approximate surface area is 87.8 Å². The molecule has 0 spiro atoms. The molecule has 2 aliphatic rings. The maximum atomic E-state index is 5.87. The zero-order chi connectivity index (χ0) is 10.1. The summed E-state index contributed by atoms with van der Waals surface area (Å²) >= 11 is 0. The van der Waals surface area contributed by atoms with Crippen molar-refractivity contribution in [3.63, 3.8) is 0 Å². The molecule has 0 amide bonds. The van der Waals surface area contributed by atoms with Crippen molar-refractivity contribution in [1.29, 1.82) is 0 Å². The van der Waals surface area contributed by atoms with Crippen LogP contribution in [0.3, 0.4) is 0 Å². The molecule has 14 heavy (non-hydrogen) atoms. The predicted molar refractivity (Wildman–Crippen MR) is 60.2 cm³/mol. The molecule has 0 bridgehead atoms. The molecule has 2 atom stereocenters. The standard InChI is InChI=1S/C12H24N2/c1-9(13)7-10(2)14(12-5-6-12)8-11-3-4-11/h9-12H,3-8,13H2,1-2H3. The Balaban J connectivity index is 1.81. The van der Waals surface area contributed by atoms with Crippen LogP contribution in [0, 0.1) is 5.92 Å². The van der Waals surface area contributed by atoms with Crippen molar-refractivity contribution in [1.82, 2.24) is 4.90 Å². The summed E-state index contributed by atoms with van der Waals surface area (Å²) < 4.78 is 0. The smallest absolute Gasteiger partial charge is 0.00993 e. The fourth-order valence-corrected chi connectivity index (χ4v) is 2.37. The third kappa shape index (κ3) is 2.96. The molecule has 2 nitrogen and oxygen atoms in total. The van der Waals surface area contributed by atoms with Gasteiger partial charge in [0.25, 0.3) is 0 Å². The van der Waals surface area contributed by atoms with Crippen molar-refractivity contribution in [3.05, 3.63) is 0 Å². The Morgan fingerprint density at radius 1 is 1.21 bits per heavy atom. The minimum Gasteiger partial charge on any atom is -0.328 e. The lowest BCUT2D eigenvalue weighted by atomic mass is 10.1. The van der Waals surface area contributed by atoms with Crippen LogP contribution in [0.2, 0.25) is 0 Å². The number of hydrogen-bond acceptors (Lipinski definition) is 2. The third-order valence-corrected chi connectivity index (χ3v) is 3.46. The van der Waals surface area contributed by atoms with Crippen LogP contribution in [0.25, 0.3) is 0 Å². The molecule has 2 N–H and O–H groups in total. The van der Waals surface area contributed by atoms with Gasteiger partial charge in [0.15, 0.2) is 0 Å². The highest BCUT2D eigenvalue weighted by molar-refractivity contribution is 4.91. The highest BCUT2D eigenvalue weighted by atomic mass is 15.2. The Morgan fingerprint density at radius 3 is 2.29 bits per heavy atom. The number of nitrogens with two attached hydrogens (primary N) is 1. The molecule has 2 saturated carbocycles. The van der Waals surface area contributed by atoms with E-state index in [9.17, 15) is 0 Å². The summed E-state index contributed by atoms with van der Waals surface area (Å²) in [5.41, 5.74) is 5.87. The first-order valence-electron chi connectivity index (χ1n) is 6.18. The van der Waals surface area contributed by atoms with Crippen LogP contribution in [0.1, 0.15) is 46.0 Å². The summed E-state index contributed by atoms with van der Waals surface area (Å²) in [6.45, 7) is 5.82. The average molecular weight is 196 g/mol. The third-order valence-electron chi connectivity index (χ3n) is 3.46. The lowest BCUT2D eigenvalue weighted by Gasteiger charge is -2.30. The second-order valence-corrected chi connectivity index (χ2v) is 5.43. The fraction of sp³-hybridized carbons (Fsp3) is 1.00. The molecule has 0 aromatic rings. The van der Waals surface area contributed by atoms with E-state index >= 15 is 0 Å². The van der Waals surface area contributed by atoms with Gasteiger partial charge in [0.05, 0.1) is 0 Å². The van der Waals surface area contributed by atoms with Gasteiger partial charge in [0, 0.05) is 24.7 Å². The van der Waals surface area contributed by atoms with Crippen molar-refractivity contribution >= 4 is 0 Å². The van der Waals surface area contributed by atoms with Crippen molar-refractivity contribution in [2.24, 2.45) is 11.7 Å². The lowest BCUT2D eigenvalue weighted by Crippen LogP contribution is -2.39. The molecule has 0 aromatic heterocycles. The van der Waals surface area contributed by atoms with Crippen LogP contribution in [0.15, 0.2) is 0 Å². The Kier molecular flexibility index (Phi) is 3.13. The summed E-state index contributed by atoms with van der Waals surface area (Å²) in [5.74, 6) is 1.02. The quantitative estimate of drug-likeness (QED) is 0.704. The van der Waals surface area contributed by atoms with Crippen LogP contribution < -0.4 is 5.73 Å². The molecule has 0 radical (unpaired) electrons. The van der Waals surface area contributed by atoms with Gasteiger partial charge >= 0.3 is 0 Å². The van der Waals surface area contributed by atoms with Gasteiger partial charge < -0.3 is 5.73 Å². The van der Waals surface area contributed by atoms with Crippen molar-refractivity contribution in [2.75, 3.05) is 6.54 Å². The molecular formula is C12H24N2. The largest absolute Gasteiger partial charge is 0.328 e. The maximum absolute atomic E-state index is 5.87. The van der Waals surface area contributed by atoms with Gasteiger partial charge in [0.1, 0.15) is 0 Å². The van der Waals surface area contributed by atoms with Crippen LogP contribution in [0.5, 0.6) is 0 Å². The first-order chi connectivity index (χ1) is 6.66. The summed E-state index contributed by atoms with van der Waals surface area (Å²) in [6, 6.07) is 1.96. The van der Waals surface area contributed by atoms with Crippen LogP contribution >= 0.6 is 0 Å². The minimum absolute atomic E-state index is 0.352. The van der Waals surface area contributed by atoms with Crippen molar-refractivity contribution in [3.8, 4) is 0 Å². The van der Waals surface area contributed by atoms with Gasteiger partial charge in [-0.3, -0.25) is 4.90 Å². The number of rotatable bonds is 6. The van der Waals surface area contributed by atoms with Gasteiger partial charge in [0.2, 0.25) is 0 Å². The van der Waals surface area contributed by atoms with E-state index < -0.39 is 0 Å². The van der Waals surface area contributed by atoms with E-state index in [-0.39, 0.29) is 0 Å². The zero-order valence-electron chi connectivity index (χ0n) is 9.58. The summed E-state index contributed by atoms with van der Waals surface area (Å²) in [5, 5.41) is 0. The lowest BCUT2D eigenvalue weighted by molar-refractivity contribution is 0.176. The second-order valence-electron chi connectivity index (χ2n) is 5.43. The van der Waals surface area contributed by atoms with E-state index in [1.165, 1.54) is 32.2 Å². The Bertz CT molecular complexity index is 183. The van der Waals surface area contributed by atoms with Crippen molar-refractivity contribution < 1.29 is 0 Å². The van der Waals surface area contributed by atoms with E-state index in [1.54, 1.807) is 0 Å². The molecule has 0 heterocycles. The van der Waals surface area contributed by atoms with E-state index in [1.807, 2.05) is 0 Å². The highest BCUT2D eigenvalue weighted by Gasteiger charge is 2.36. The molecule has 0 aliphatic heterocycles. The molecule has 0 aromatic carbocycles. The highest BCUT2D eigenvalue weighted by Crippen LogP contribution is 2.36. The molecule has 2 rings (SSSR count). The van der Waals surface area contributed by atoms with E-state index in [4.69, 9.17) is 5.73 Å². The number of hydrogen-bond donors (Lipinski definition) is 1. The van der Waals surface area contributed by atoms with E-state index in [2.05, 4.69) is 18.7 Å². The monoisotopic (exact) mass is 196 g/mol. The van der Waals surface area contributed by atoms with Crippen molar-refractivity contribution in [2.45, 2.75) is 64.1 Å². The zero-order valence-corrected chi connectivity index (χ0v) is 9.58. The first-order valence-corrected chi connectivity index (χ1v) is 6.18. The molecule has 2 unspecified atom stereocenters. The van der Waals surface area contributed by atoms with Gasteiger partial charge in [-0.2, -0.15) is 0 Å². The summed E-state index contributed by atoms with van der Waals surface area (Å²) in [6.07, 6.45) is 6.94. The topological polar surface area (TPSA) is 29.3 Å². The molecular weight excluding hydrogens is 172 g/mol. The SMILES string of the molecule is CC(N)CC(C)N(CC1CC1)C1CC1. The molecule has 82 valence electrons. The summed E-state index contributed by atoms with van der Waals surface area (Å²) in [4.78, 5) is 2.72. The fourth-order valence-electron chi connectivity index (χ4n) is 2.37. The Hall–Kier alpha value is -0.0800. The number of nitrogens with zero attached hydrogens (tertiary/aromatic N) is 1. The predicted octanol–water partition coefficient (Wildman–Crippen LogP) is 1.99. The first kappa shape index (κ1) is 10.4. The van der Waals surface area contributed by atoms with Crippen LogP contribution in [-0.2, 0) is 0 Å². The minimum atomic E-state index is 0.352. The molecule has 2 heteroatoms. The van der Waals surface area contributed by atoms with Gasteiger partial charge in [-0.1, -0.05) is 0 Å². The van der Waals surface area contributed by atoms with Gasteiger partial charge in [-0.25, -0.2) is 0 Å². The summed E-state index contributed by atoms with van der Waals surface area (Å²) in [7, 11) is 0. The molecule has 2 aliphatic carbocycles. The van der Waals surface area contributed by atoms with E-state index in [0.29, 0.717) is 12.1 Å². The average Bonchev–Trinajstić information content (AvgIpc) is 2.94. The van der Waals surface area contributed by atoms with Crippen LogP contribution in [0.4, 0.5) is 0 Å². The molecule has 2 fully saturated rings. The van der Waals surface area contributed by atoms with Crippen LogP contribution in [-0.4, -0.2) is 29.6 Å². The maximum Gasteiger partial charge on any atom is 0.00993 e. The normalized spacial score (nSPS) is 26.6.